The highest BCUT2D eigenvalue weighted by atomic mass is 79.9. The van der Waals surface area contributed by atoms with Crippen molar-refractivity contribution in [2.45, 2.75) is 13.8 Å². The Kier molecular flexibility index (Phi) is 3.91. The van der Waals surface area contributed by atoms with Crippen LogP contribution < -0.4 is 5.32 Å². The summed E-state index contributed by atoms with van der Waals surface area (Å²) in [6.07, 6.45) is 0. The number of hydrogen-bond acceptors (Lipinski definition) is 2. The van der Waals surface area contributed by atoms with Crippen LogP contribution in [0.15, 0.2) is 22.7 Å². The lowest BCUT2D eigenvalue weighted by molar-refractivity contribution is -0.146. The third kappa shape index (κ3) is 2.95. The summed E-state index contributed by atoms with van der Waals surface area (Å²) in [5.41, 5.74) is -0.654. The number of halogens is 2. The Bertz CT molecular complexity index is 387. The average Bonchev–Trinajstić information content (AvgIpc) is 2.16. The van der Waals surface area contributed by atoms with Crippen molar-refractivity contribution >= 4 is 27.6 Å². The van der Waals surface area contributed by atoms with Crippen molar-refractivity contribution < 1.29 is 14.3 Å². The Morgan fingerprint density at radius 1 is 1.56 bits per heavy atom. The number of rotatable bonds is 4. The van der Waals surface area contributed by atoms with Gasteiger partial charge in [0.2, 0.25) is 0 Å². The molecule has 0 aliphatic rings. The Hall–Kier alpha value is -1.10. The number of hydrogen-bond donors (Lipinski definition) is 2. The normalized spacial score (nSPS) is 11.2. The molecule has 0 spiro atoms. The minimum atomic E-state index is -0.943. The van der Waals surface area contributed by atoms with Crippen molar-refractivity contribution in [3.8, 4) is 0 Å². The molecule has 0 radical (unpaired) electrons. The Morgan fingerprint density at radius 2 is 2.19 bits per heavy atom. The van der Waals surface area contributed by atoms with Crippen LogP contribution in [0.1, 0.15) is 13.8 Å². The second kappa shape index (κ2) is 4.82. The van der Waals surface area contributed by atoms with Crippen LogP contribution in [-0.4, -0.2) is 17.6 Å². The fraction of sp³-hybridized carbons (Fsp3) is 0.364. The lowest BCUT2D eigenvalue weighted by Crippen LogP contribution is -2.32. The summed E-state index contributed by atoms with van der Waals surface area (Å²) in [4.78, 5) is 10.9. The first-order valence-electron chi connectivity index (χ1n) is 4.76. The molecule has 0 saturated carbocycles. The number of anilines is 1. The minimum Gasteiger partial charge on any atom is -0.481 e. The molecule has 0 amide bonds. The van der Waals surface area contributed by atoms with Crippen LogP contribution in [0.4, 0.5) is 10.1 Å². The fourth-order valence-electron chi connectivity index (χ4n) is 1.05. The van der Waals surface area contributed by atoms with Crippen LogP contribution in [-0.2, 0) is 4.79 Å². The second-order valence-electron chi connectivity index (χ2n) is 4.14. The van der Waals surface area contributed by atoms with Crippen molar-refractivity contribution in [2.24, 2.45) is 5.41 Å². The highest BCUT2D eigenvalue weighted by Crippen LogP contribution is 2.26. The molecule has 1 aromatic rings. The fourth-order valence-corrected chi connectivity index (χ4v) is 1.53. The predicted octanol–water partition coefficient (Wildman–Crippen LogP) is 3.11. The van der Waals surface area contributed by atoms with Crippen molar-refractivity contribution in [1.29, 1.82) is 0 Å². The van der Waals surface area contributed by atoms with Gasteiger partial charge in [-0.25, -0.2) is 4.39 Å². The van der Waals surface area contributed by atoms with Crippen LogP contribution in [0.3, 0.4) is 0 Å². The predicted molar refractivity (Wildman–Crippen MR) is 64.0 cm³/mol. The highest BCUT2D eigenvalue weighted by molar-refractivity contribution is 9.10. The van der Waals surface area contributed by atoms with E-state index in [2.05, 4.69) is 21.2 Å². The largest absolute Gasteiger partial charge is 0.481 e. The van der Waals surface area contributed by atoms with Gasteiger partial charge in [0.05, 0.1) is 11.1 Å². The maximum Gasteiger partial charge on any atom is 0.310 e. The lowest BCUT2D eigenvalue weighted by Gasteiger charge is -2.21. The number of carbonyl (C=O) groups is 1. The van der Waals surface area contributed by atoms with E-state index >= 15 is 0 Å². The molecule has 1 aromatic carbocycles. The molecular formula is C11H13BrFNO2. The molecule has 88 valence electrons. The molecular weight excluding hydrogens is 277 g/mol. The molecule has 1 rings (SSSR count). The molecule has 0 heterocycles. The number of carboxylic acids is 1. The van der Waals surface area contributed by atoms with Crippen molar-refractivity contribution in [2.75, 3.05) is 11.9 Å². The van der Waals surface area contributed by atoms with Gasteiger partial charge in [0.25, 0.3) is 0 Å². The van der Waals surface area contributed by atoms with E-state index in [1.807, 2.05) is 0 Å². The number of aliphatic carboxylic acids is 1. The zero-order valence-electron chi connectivity index (χ0n) is 9.05. The van der Waals surface area contributed by atoms with Gasteiger partial charge < -0.3 is 10.4 Å². The van der Waals surface area contributed by atoms with E-state index in [-0.39, 0.29) is 12.2 Å². The first-order chi connectivity index (χ1) is 7.34. The molecule has 0 fully saturated rings. The van der Waals surface area contributed by atoms with Crippen LogP contribution in [0, 0.1) is 11.2 Å². The Morgan fingerprint density at radius 3 is 2.69 bits per heavy atom. The third-order valence-electron chi connectivity index (χ3n) is 2.25. The van der Waals surface area contributed by atoms with Gasteiger partial charge in [0.1, 0.15) is 5.82 Å². The lowest BCUT2D eigenvalue weighted by atomic mass is 9.94. The molecule has 2 N–H and O–H groups in total. The molecule has 0 saturated heterocycles. The van der Waals surface area contributed by atoms with Gasteiger partial charge in [-0.05, 0) is 41.9 Å². The topological polar surface area (TPSA) is 49.3 Å². The molecule has 0 bridgehead atoms. The van der Waals surface area contributed by atoms with E-state index in [0.717, 1.165) is 0 Å². The molecule has 3 nitrogen and oxygen atoms in total. The van der Waals surface area contributed by atoms with E-state index < -0.39 is 17.2 Å². The Balaban J connectivity index is 2.79. The minimum absolute atomic E-state index is 0.155. The van der Waals surface area contributed by atoms with E-state index in [1.165, 1.54) is 6.07 Å². The van der Waals surface area contributed by atoms with Crippen LogP contribution >= 0.6 is 15.9 Å². The number of para-hydroxylation sites is 1. The molecule has 0 atom stereocenters. The maximum absolute atomic E-state index is 13.4. The quantitative estimate of drug-likeness (QED) is 0.895. The van der Waals surface area contributed by atoms with Crippen molar-refractivity contribution in [3.63, 3.8) is 0 Å². The summed E-state index contributed by atoms with van der Waals surface area (Å²) in [6, 6.07) is 4.59. The molecule has 0 aromatic heterocycles. The van der Waals surface area contributed by atoms with Gasteiger partial charge in [-0.1, -0.05) is 6.07 Å². The highest BCUT2D eigenvalue weighted by Gasteiger charge is 2.27. The number of carboxylic acid groups (broad SMARTS) is 1. The first kappa shape index (κ1) is 13.0. The van der Waals surface area contributed by atoms with Gasteiger partial charge in [0, 0.05) is 11.0 Å². The van der Waals surface area contributed by atoms with Gasteiger partial charge in [0.15, 0.2) is 0 Å². The number of nitrogens with one attached hydrogen (secondary N) is 1. The molecule has 0 aliphatic carbocycles. The monoisotopic (exact) mass is 289 g/mol. The smallest absolute Gasteiger partial charge is 0.310 e. The summed E-state index contributed by atoms with van der Waals surface area (Å²) < 4.78 is 14.0. The zero-order chi connectivity index (χ0) is 12.3. The average molecular weight is 290 g/mol. The summed E-state index contributed by atoms with van der Waals surface area (Å²) in [6.45, 7) is 3.32. The maximum atomic E-state index is 13.4. The van der Waals surface area contributed by atoms with E-state index in [4.69, 9.17) is 5.11 Å². The first-order valence-corrected chi connectivity index (χ1v) is 5.55. The van der Waals surface area contributed by atoms with E-state index in [0.29, 0.717) is 4.47 Å². The van der Waals surface area contributed by atoms with Gasteiger partial charge in [-0.15, -0.1) is 0 Å². The van der Waals surface area contributed by atoms with E-state index in [9.17, 15) is 9.18 Å². The van der Waals surface area contributed by atoms with Gasteiger partial charge in [-0.3, -0.25) is 4.79 Å². The summed E-state index contributed by atoms with van der Waals surface area (Å²) in [7, 11) is 0. The van der Waals surface area contributed by atoms with Crippen LogP contribution in [0.2, 0.25) is 0 Å². The van der Waals surface area contributed by atoms with Crippen LogP contribution in [0.25, 0.3) is 0 Å². The zero-order valence-corrected chi connectivity index (χ0v) is 10.6. The SMILES string of the molecule is CC(C)(CNc1c(F)cccc1Br)C(=O)O. The Labute approximate surface area is 102 Å². The van der Waals surface area contributed by atoms with Gasteiger partial charge >= 0.3 is 5.97 Å². The number of benzene rings is 1. The standard InChI is InChI=1S/C11H13BrFNO2/c1-11(2,10(15)16)6-14-9-7(12)4-3-5-8(9)13/h3-5,14H,6H2,1-2H3,(H,15,16). The second-order valence-corrected chi connectivity index (χ2v) is 4.99. The van der Waals surface area contributed by atoms with Crippen molar-refractivity contribution in [1.82, 2.24) is 0 Å². The molecule has 0 aliphatic heterocycles. The van der Waals surface area contributed by atoms with Crippen LogP contribution in [0.5, 0.6) is 0 Å². The van der Waals surface area contributed by atoms with Gasteiger partial charge in [-0.2, -0.15) is 0 Å². The van der Waals surface area contributed by atoms with Crippen molar-refractivity contribution in [3.05, 3.63) is 28.5 Å². The van der Waals surface area contributed by atoms with E-state index in [1.54, 1.807) is 26.0 Å². The molecule has 5 heteroatoms. The third-order valence-corrected chi connectivity index (χ3v) is 2.91. The molecule has 16 heavy (non-hydrogen) atoms. The summed E-state index contributed by atoms with van der Waals surface area (Å²) in [5.74, 6) is -1.33. The summed E-state index contributed by atoms with van der Waals surface area (Å²) >= 11 is 3.20. The summed E-state index contributed by atoms with van der Waals surface area (Å²) in [5, 5.41) is 11.7. The molecule has 0 unspecified atom stereocenters.